The van der Waals surface area contributed by atoms with Crippen molar-refractivity contribution in [3.8, 4) is 5.75 Å². The van der Waals surface area contributed by atoms with Crippen molar-refractivity contribution in [1.29, 1.82) is 0 Å². The highest BCUT2D eigenvalue weighted by molar-refractivity contribution is 5.97. The molecule has 0 spiro atoms. The van der Waals surface area contributed by atoms with Crippen molar-refractivity contribution in [3.63, 3.8) is 0 Å². The van der Waals surface area contributed by atoms with E-state index in [1.807, 2.05) is 0 Å². The van der Waals surface area contributed by atoms with E-state index in [1.165, 1.54) is 6.07 Å². The van der Waals surface area contributed by atoms with Gasteiger partial charge in [-0.15, -0.1) is 0 Å². The van der Waals surface area contributed by atoms with Gasteiger partial charge in [-0.3, -0.25) is 14.9 Å². The molecule has 0 bridgehead atoms. The Morgan fingerprint density at radius 3 is 2.74 bits per heavy atom. The minimum Gasteiger partial charge on any atom is -0.507 e. The Morgan fingerprint density at radius 1 is 1.42 bits per heavy atom. The molecule has 0 fully saturated rings. The Labute approximate surface area is 108 Å². The average molecular weight is 270 g/mol. The number of benzene rings is 1. The number of ether oxygens (including phenoxy) is 1. The maximum Gasteiger partial charge on any atom is 0.273 e. The van der Waals surface area contributed by atoms with E-state index in [2.05, 4.69) is 5.32 Å². The zero-order chi connectivity index (χ0) is 14.3. The topological polar surface area (TPSA) is 122 Å². The number of rotatable bonds is 7. The molecule has 19 heavy (non-hydrogen) atoms. The summed E-state index contributed by atoms with van der Waals surface area (Å²) in [5.41, 5.74) is -0.340. The fraction of sp³-hybridized carbons (Fsp3) is 0.364. The lowest BCUT2D eigenvalue weighted by Crippen LogP contribution is -2.27. The molecule has 1 aromatic rings. The van der Waals surface area contributed by atoms with Gasteiger partial charge in [0.05, 0.1) is 36.4 Å². The lowest BCUT2D eigenvalue weighted by molar-refractivity contribution is -0.384. The highest BCUT2D eigenvalue weighted by Crippen LogP contribution is 2.23. The number of hydrogen-bond donors (Lipinski definition) is 3. The first-order valence-corrected chi connectivity index (χ1v) is 5.50. The number of carbonyl (C=O) groups is 1. The van der Waals surface area contributed by atoms with Gasteiger partial charge in [-0.05, 0) is 6.07 Å². The molecule has 0 saturated heterocycles. The third-order valence-electron chi connectivity index (χ3n) is 2.20. The van der Waals surface area contributed by atoms with Crippen LogP contribution in [0, 0.1) is 10.1 Å². The predicted molar refractivity (Wildman–Crippen MR) is 65.0 cm³/mol. The van der Waals surface area contributed by atoms with Gasteiger partial charge in [0.25, 0.3) is 11.6 Å². The summed E-state index contributed by atoms with van der Waals surface area (Å²) in [4.78, 5) is 21.4. The highest BCUT2D eigenvalue weighted by atomic mass is 16.6. The number of aromatic hydroxyl groups is 1. The predicted octanol–water partition coefficient (Wildman–Crippen LogP) is 0.0391. The van der Waals surface area contributed by atoms with Crippen LogP contribution in [0.2, 0.25) is 0 Å². The second-order valence-electron chi connectivity index (χ2n) is 3.55. The van der Waals surface area contributed by atoms with Gasteiger partial charge in [0.1, 0.15) is 5.75 Å². The molecule has 0 aromatic heterocycles. The van der Waals surface area contributed by atoms with Crippen molar-refractivity contribution in [2.45, 2.75) is 0 Å². The van der Waals surface area contributed by atoms with Crippen molar-refractivity contribution < 1.29 is 24.7 Å². The van der Waals surface area contributed by atoms with Crippen LogP contribution in [0.15, 0.2) is 18.2 Å². The molecule has 0 aliphatic rings. The van der Waals surface area contributed by atoms with Crippen LogP contribution in [-0.2, 0) is 4.74 Å². The summed E-state index contributed by atoms with van der Waals surface area (Å²) in [5, 5.41) is 30.9. The zero-order valence-electron chi connectivity index (χ0n) is 10.0. The lowest BCUT2D eigenvalue weighted by atomic mass is 10.1. The van der Waals surface area contributed by atoms with Crippen molar-refractivity contribution >= 4 is 11.6 Å². The van der Waals surface area contributed by atoms with E-state index in [0.717, 1.165) is 12.1 Å². The number of aliphatic hydroxyl groups is 1. The first kappa shape index (κ1) is 14.9. The number of nitro benzene ring substituents is 1. The molecule has 8 nitrogen and oxygen atoms in total. The standard InChI is InChI=1S/C11H14N2O6/c14-4-6-19-5-3-12-11(16)9-2-1-8(13(17)18)7-10(9)15/h1-2,7,14-15H,3-6H2,(H,12,16). The Morgan fingerprint density at radius 2 is 2.16 bits per heavy atom. The number of amides is 1. The number of nitrogens with zero attached hydrogens (tertiary/aromatic N) is 1. The largest absolute Gasteiger partial charge is 0.507 e. The van der Waals surface area contributed by atoms with Gasteiger partial charge in [-0.25, -0.2) is 0 Å². The van der Waals surface area contributed by atoms with E-state index in [-0.39, 0.29) is 37.6 Å². The molecule has 0 aliphatic carbocycles. The number of carbonyl (C=O) groups excluding carboxylic acids is 1. The molecule has 1 rings (SSSR count). The zero-order valence-corrected chi connectivity index (χ0v) is 10.0. The maximum absolute atomic E-state index is 11.6. The molecule has 104 valence electrons. The van der Waals surface area contributed by atoms with Crippen molar-refractivity contribution in [2.75, 3.05) is 26.4 Å². The summed E-state index contributed by atoms with van der Waals surface area (Å²) in [7, 11) is 0. The Kier molecular flexibility index (Phi) is 5.71. The summed E-state index contributed by atoms with van der Waals surface area (Å²) < 4.78 is 4.93. The Bertz CT molecular complexity index is 462. The fourth-order valence-electron chi connectivity index (χ4n) is 1.32. The molecule has 8 heteroatoms. The van der Waals surface area contributed by atoms with Crippen LogP contribution in [0.5, 0.6) is 5.75 Å². The summed E-state index contributed by atoms with van der Waals surface area (Å²) in [6, 6.07) is 3.23. The Balaban J connectivity index is 2.55. The normalized spacial score (nSPS) is 10.2. The van der Waals surface area contributed by atoms with Crippen LogP contribution in [-0.4, -0.2) is 47.4 Å². The number of aliphatic hydroxyl groups excluding tert-OH is 1. The number of nitro groups is 1. The number of phenolic OH excluding ortho intramolecular Hbond substituents is 1. The summed E-state index contributed by atoms with van der Waals surface area (Å²) in [6.07, 6.45) is 0. The first-order chi connectivity index (χ1) is 9.06. The quantitative estimate of drug-likeness (QED) is 0.365. The smallest absolute Gasteiger partial charge is 0.273 e. The van der Waals surface area contributed by atoms with E-state index in [1.54, 1.807) is 0 Å². The van der Waals surface area contributed by atoms with Crippen LogP contribution in [0.1, 0.15) is 10.4 Å². The number of non-ortho nitro benzene ring substituents is 1. The van der Waals surface area contributed by atoms with E-state index >= 15 is 0 Å². The van der Waals surface area contributed by atoms with Crippen molar-refractivity contribution in [1.82, 2.24) is 5.32 Å². The molecule has 0 heterocycles. The van der Waals surface area contributed by atoms with Crippen LogP contribution in [0.4, 0.5) is 5.69 Å². The minimum atomic E-state index is -0.663. The van der Waals surface area contributed by atoms with Crippen LogP contribution < -0.4 is 5.32 Å². The lowest BCUT2D eigenvalue weighted by Gasteiger charge is -2.07. The SMILES string of the molecule is O=C(NCCOCCO)c1ccc([N+](=O)[O-])cc1O. The van der Waals surface area contributed by atoms with Crippen LogP contribution in [0.3, 0.4) is 0 Å². The molecule has 0 saturated carbocycles. The molecule has 1 aromatic carbocycles. The number of nitrogens with one attached hydrogen (secondary N) is 1. The second-order valence-corrected chi connectivity index (χ2v) is 3.55. The third kappa shape index (κ3) is 4.53. The molecule has 0 aliphatic heterocycles. The summed E-state index contributed by atoms with van der Waals surface area (Å²) in [5.74, 6) is -1.01. The highest BCUT2D eigenvalue weighted by Gasteiger charge is 2.15. The monoisotopic (exact) mass is 270 g/mol. The average Bonchev–Trinajstić information content (AvgIpc) is 2.38. The number of hydrogen-bond acceptors (Lipinski definition) is 6. The second kappa shape index (κ2) is 7.29. The van der Waals surface area contributed by atoms with Gasteiger partial charge >= 0.3 is 0 Å². The third-order valence-corrected chi connectivity index (χ3v) is 2.20. The summed E-state index contributed by atoms with van der Waals surface area (Å²) >= 11 is 0. The maximum atomic E-state index is 11.6. The van der Waals surface area contributed by atoms with E-state index in [9.17, 15) is 20.0 Å². The van der Waals surface area contributed by atoms with E-state index in [4.69, 9.17) is 9.84 Å². The van der Waals surface area contributed by atoms with Gasteiger partial charge in [-0.1, -0.05) is 0 Å². The van der Waals surface area contributed by atoms with Gasteiger partial charge < -0.3 is 20.3 Å². The number of phenols is 1. The van der Waals surface area contributed by atoms with Gasteiger partial charge in [0.15, 0.2) is 0 Å². The van der Waals surface area contributed by atoms with Crippen LogP contribution in [0.25, 0.3) is 0 Å². The molecular weight excluding hydrogens is 256 g/mol. The molecule has 1 amide bonds. The molecule has 0 radical (unpaired) electrons. The molecular formula is C11H14N2O6. The van der Waals surface area contributed by atoms with E-state index in [0.29, 0.717) is 0 Å². The van der Waals surface area contributed by atoms with Crippen molar-refractivity contribution in [2.24, 2.45) is 0 Å². The van der Waals surface area contributed by atoms with Gasteiger partial charge in [0.2, 0.25) is 0 Å². The molecule has 0 atom stereocenters. The first-order valence-electron chi connectivity index (χ1n) is 5.50. The van der Waals surface area contributed by atoms with Gasteiger partial charge in [0, 0.05) is 12.6 Å². The van der Waals surface area contributed by atoms with Crippen LogP contribution >= 0.6 is 0 Å². The summed E-state index contributed by atoms with van der Waals surface area (Å²) in [6.45, 7) is 0.505. The van der Waals surface area contributed by atoms with E-state index < -0.39 is 16.6 Å². The minimum absolute atomic E-state index is 0.0484. The van der Waals surface area contributed by atoms with Gasteiger partial charge in [-0.2, -0.15) is 0 Å². The molecule has 3 N–H and O–H groups in total. The molecule has 0 unspecified atom stereocenters. The fourth-order valence-corrected chi connectivity index (χ4v) is 1.32. The Hall–Kier alpha value is -2.19. The van der Waals surface area contributed by atoms with Crippen molar-refractivity contribution in [3.05, 3.63) is 33.9 Å².